The molecule has 0 atom stereocenters. The molecule has 0 aliphatic carbocycles. The average Bonchev–Trinajstić information content (AvgIpc) is 2.47. The second-order valence-electron chi connectivity index (χ2n) is 3.88. The van der Waals surface area contributed by atoms with Crippen LogP contribution < -0.4 is 10.0 Å². The van der Waals surface area contributed by atoms with Crippen molar-refractivity contribution in [2.24, 2.45) is 0 Å². The summed E-state index contributed by atoms with van der Waals surface area (Å²) in [6, 6.07) is 3.45. The fourth-order valence-electron chi connectivity index (χ4n) is 1.59. The number of sulfonamides is 1. The van der Waals surface area contributed by atoms with E-state index < -0.39 is 14.9 Å². The van der Waals surface area contributed by atoms with Gasteiger partial charge in [0.1, 0.15) is 5.69 Å². The van der Waals surface area contributed by atoms with E-state index in [0.29, 0.717) is 0 Å². The predicted molar refractivity (Wildman–Crippen MR) is 75.5 cm³/mol. The topological polar surface area (TPSA) is 127 Å². The van der Waals surface area contributed by atoms with Crippen molar-refractivity contribution in [3.8, 4) is 0 Å². The van der Waals surface area contributed by atoms with Crippen molar-refractivity contribution in [3.63, 3.8) is 0 Å². The normalized spacial score (nSPS) is 10.9. The van der Waals surface area contributed by atoms with Crippen LogP contribution in [0.1, 0.15) is 0 Å². The molecule has 9 nitrogen and oxygen atoms in total. The Kier molecular flexibility index (Phi) is 3.98. The SMILES string of the molecule is CNc1cc(S(=O)(=O)Nc2cnccn2)ccc1[N+](=O)[O-]. The molecule has 1 aromatic carbocycles. The molecule has 10 heteroatoms. The molecule has 0 radical (unpaired) electrons. The molecule has 0 aliphatic heterocycles. The van der Waals surface area contributed by atoms with E-state index in [9.17, 15) is 18.5 Å². The van der Waals surface area contributed by atoms with E-state index in [2.05, 4.69) is 20.0 Å². The lowest BCUT2D eigenvalue weighted by Crippen LogP contribution is -2.14. The first-order valence-electron chi connectivity index (χ1n) is 5.69. The van der Waals surface area contributed by atoms with E-state index in [-0.39, 0.29) is 22.1 Å². The van der Waals surface area contributed by atoms with Gasteiger partial charge in [-0.1, -0.05) is 0 Å². The van der Waals surface area contributed by atoms with Crippen molar-refractivity contribution in [2.45, 2.75) is 4.90 Å². The third-order valence-electron chi connectivity index (χ3n) is 2.55. The van der Waals surface area contributed by atoms with Gasteiger partial charge in [0, 0.05) is 25.5 Å². The summed E-state index contributed by atoms with van der Waals surface area (Å²) < 4.78 is 26.6. The third-order valence-corrected chi connectivity index (χ3v) is 3.90. The first-order valence-corrected chi connectivity index (χ1v) is 7.17. The van der Waals surface area contributed by atoms with Crippen LogP contribution in [0.4, 0.5) is 17.2 Å². The van der Waals surface area contributed by atoms with Crippen LogP contribution in [-0.2, 0) is 10.0 Å². The number of anilines is 2. The number of rotatable bonds is 5. The molecule has 2 aromatic rings. The summed E-state index contributed by atoms with van der Waals surface area (Å²) in [6.07, 6.45) is 4.00. The Labute approximate surface area is 120 Å². The minimum atomic E-state index is -3.90. The molecule has 0 spiro atoms. The highest BCUT2D eigenvalue weighted by Crippen LogP contribution is 2.27. The van der Waals surface area contributed by atoms with Gasteiger partial charge in [-0.2, -0.15) is 0 Å². The molecular weight excluding hydrogens is 298 g/mol. The zero-order valence-corrected chi connectivity index (χ0v) is 11.7. The Hall–Kier alpha value is -2.75. The zero-order chi connectivity index (χ0) is 15.5. The monoisotopic (exact) mass is 309 g/mol. The number of nitro benzene ring substituents is 1. The Morgan fingerprint density at radius 1 is 1.29 bits per heavy atom. The maximum Gasteiger partial charge on any atom is 0.292 e. The van der Waals surface area contributed by atoms with Gasteiger partial charge in [0.2, 0.25) is 0 Å². The van der Waals surface area contributed by atoms with E-state index in [0.717, 1.165) is 12.1 Å². The fraction of sp³-hybridized carbons (Fsp3) is 0.0909. The molecule has 0 aliphatic rings. The van der Waals surface area contributed by atoms with Crippen LogP contribution in [0, 0.1) is 10.1 Å². The first kappa shape index (κ1) is 14.7. The van der Waals surface area contributed by atoms with Crippen LogP contribution in [0.15, 0.2) is 41.7 Å². The summed E-state index contributed by atoms with van der Waals surface area (Å²) in [5.74, 6) is 0.0573. The van der Waals surface area contributed by atoms with Crippen molar-refractivity contribution in [1.82, 2.24) is 9.97 Å². The van der Waals surface area contributed by atoms with Crippen molar-refractivity contribution in [3.05, 3.63) is 46.9 Å². The maximum absolute atomic E-state index is 12.2. The summed E-state index contributed by atoms with van der Waals surface area (Å²) in [5.41, 5.74) is -0.113. The lowest BCUT2D eigenvalue weighted by atomic mass is 10.3. The molecule has 0 fully saturated rings. The van der Waals surface area contributed by atoms with Gasteiger partial charge in [0.15, 0.2) is 5.82 Å². The second-order valence-corrected chi connectivity index (χ2v) is 5.56. The maximum atomic E-state index is 12.2. The summed E-state index contributed by atoms with van der Waals surface area (Å²) in [7, 11) is -2.44. The standard InChI is InChI=1S/C11H11N5O4S/c1-12-9-6-8(2-3-10(9)16(17)18)21(19,20)15-11-7-13-4-5-14-11/h2-7,12H,1H3,(H,14,15). The van der Waals surface area contributed by atoms with E-state index in [1.807, 2.05) is 0 Å². The molecule has 2 rings (SSSR count). The summed E-state index contributed by atoms with van der Waals surface area (Å²) in [6.45, 7) is 0. The van der Waals surface area contributed by atoms with Crippen LogP contribution in [0.5, 0.6) is 0 Å². The lowest BCUT2D eigenvalue weighted by Gasteiger charge is -2.08. The van der Waals surface area contributed by atoms with Crippen molar-refractivity contribution in [1.29, 1.82) is 0 Å². The number of nitrogens with one attached hydrogen (secondary N) is 2. The highest BCUT2D eigenvalue weighted by atomic mass is 32.2. The summed E-state index contributed by atoms with van der Waals surface area (Å²) in [4.78, 5) is 17.6. The van der Waals surface area contributed by atoms with Gasteiger partial charge < -0.3 is 5.32 Å². The molecule has 1 heterocycles. The van der Waals surface area contributed by atoms with E-state index >= 15 is 0 Å². The quantitative estimate of drug-likeness (QED) is 0.628. The van der Waals surface area contributed by atoms with E-state index in [1.165, 1.54) is 31.7 Å². The molecule has 0 amide bonds. The molecule has 110 valence electrons. The third kappa shape index (κ3) is 3.23. The van der Waals surface area contributed by atoms with E-state index in [4.69, 9.17) is 0 Å². The molecule has 0 bridgehead atoms. The Morgan fingerprint density at radius 2 is 2.05 bits per heavy atom. The summed E-state index contributed by atoms with van der Waals surface area (Å²) >= 11 is 0. The number of aromatic nitrogens is 2. The average molecular weight is 309 g/mol. The van der Waals surface area contributed by atoms with Crippen LogP contribution >= 0.6 is 0 Å². The van der Waals surface area contributed by atoms with Gasteiger partial charge in [-0.3, -0.25) is 19.8 Å². The zero-order valence-electron chi connectivity index (χ0n) is 10.8. The van der Waals surface area contributed by atoms with Crippen molar-refractivity contribution >= 4 is 27.2 Å². The summed E-state index contributed by atoms with van der Waals surface area (Å²) in [5, 5.41) is 13.4. The lowest BCUT2D eigenvalue weighted by molar-refractivity contribution is -0.384. The highest BCUT2D eigenvalue weighted by Gasteiger charge is 2.20. The Bertz CT molecular complexity index is 763. The molecule has 2 N–H and O–H groups in total. The number of benzene rings is 1. The molecule has 21 heavy (non-hydrogen) atoms. The molecule has 0 saturated carbocycles. The Morgan fingerprint density at radius 3 is 2.62 bits per heavy atom. The van der Waals surface area contributed by atoms with Crippen molar-refractivity contribution in [2.75, 3.05) is 17.1 Å². The smallest absolute Gasteiger partial charge is 0.292 e. The van der Waals surface area contributed by atoms with Gasteiger partial charge in [-0.05, 0) is 12.1 Å². The number of nitro groups is 1. The minimum Gasteiger partial charge on any atom is -0.383 e. The molecular formula is C11H11N5O4S. The number of hydrogen-bond donors (Lipinski definition) is 2. The predicted octanol–water partition coefficient (Wildman–Crippen LogP) is 1.23. The van der Waals surface area contributed by atoms with Gasteiger partial charge in [-0.15, -0.1) is 0 Å². The van der Waals surface area contributed by atoms with Gasteiger partial charge in [-0.25, -0.2) is 13.4 Å². The van der Waals surface area contributed by atoms with Crippen LogP contribution in [0.2, 0.25) is 0 Å². The highest BCUT2D eigenvalue weighted by molar-refractivity contribution is 7.92. The van der Waals surface area contributed by atoms with Gasteiger partial charge in [0.05, 0.1) is 16.0 Å². The molecule has 1 aromatic heterocycles. The molecule has 0 unspecified atom stereocenters. The second kappa shape index (κ2) is 5.71. The fourth-order valence-corrected chi connectivity index (χ4v) is 2.61. The number of hydrogen-bond acceptors (Lipinski definition) is 7. The number of nitrogens with zero attached hydrogens (tertiary/aromatic N) is 3. The van der Waals surface area contributed by atoms with Gasteiger partial charge >= 0.3 is 0 Å². The molecule has 0 saturated heterocycles. The Balaban J connectivity index is 2.39. The van der Waals surface area contributed by atoms with Crippen LogP contribution in [0.3, 0.4) is 0 Å². The largest absolute Gasteiger partial charge is 0.383 e. The van der Waals surface area contributed by atoms with Gasteiger partial charge in [0.25, 0.3) is 15.7 Å². The van der Waals surface area contributed by atoms with Crippen molar-refractivity contribution < 1.29 is 13.3 Å². The van der Waals surface area contributed by atoms with E-state index in [1.54, 1.807) is 0 Å². The van der Waals surface area contributed by atoms with Crippen LogP contribution in [0.25, 0.3) is 0 Å². The minimum absolute atomic E-state index is 0.0573. The van der Waals surface area contributed by atoms with Crippen LogP contribution in [-0.4, -0.2) is 30.4 Å². The first-order chi connectivity index (χ1) is 9.94.